The minimum atomic E-state index is -3.78. The van der Waals surface area contributed by atoms with Crippen LogP contribution in [0.25, 0.3) is 22.7 Å². The number of alkyl halides is 2. The predicted octanol–water partition coefficient (Wildman–Crippen LogP) is 4.37. The van der Waals surface area contributed by atoms with E-state index in [1.165, 1.54) is 49.5 Å². The first-order valence-corrected chi connectivity index (χ1v) is 10.2. The summed E-state index contributed by atoms with van der Waals surface area (Å²) in [5, 5.41) is 3.85. The first-order chi connectivity index (χ1) is 13.6. The number of ether oxygens (including phenoxy) is 1. The van der Waals surface area contributed by atoms with Crippen LogP contribution >= 0.6 is 0 Å². The van der Waals surface area contributed by atoms with Crippen LogP contribution in [0.1, 0.15) is 13.8 Å². The maximum atomic E-state index is 13.2. The summed E-state index contributed by atoms with van der Waals surface area (Å²) in [5.41, 5.74) is 0.529. The fraction of sp³-hybridized carbons (Fsp3) is 0.263. The van der Waals surface area contributed by atoms with Crippen molar-refractivity contribution in [2.45, 2.75) is 24.7 Å². The van der Waals surface area contributed by atoms with Crippen molar-refractivity contribution in [2.75, 3.05) is 12.4 Å². The Hall–Kier alpha value is -2.88. The fourth-order valence-electron chi connectivity index (χ4n) is 2.48. The first kappa shape index (κ1) is 20.8. The van der Waals surface area contributed by atoms with Crippen molar-refractivity contribution in [1.29, 1.82) is 0 Å². The van der Waals surface area contributed by atoms with E-state index in [2.05, 4.69) is 10.1 Å². The third-order valence-corrected chi connectivity index (χ3v) is 5.68. The van der Waals surface area contributed by atoms with E-state index in [1.54, 1.807) is 0 Å². The number of nitrogens with zero attached hydrogens (tertiary/aromatic N) is 2. The lowest BCUT2D eigenvalue weighted by Crippen LogP contribution is -2.20. The molecule has 29 heavy (non-hydrogen) atoms. The monoisotopic (exact) mass is 426 g/mol. The van der Waals surface area contributed by atoms with E-state index in [4.69, 9.17) is 9.26 Å². The summed E-state index contributed by atoms with van der Waals surface area (Å²) in [5.74, 6) is -3.71. The Bertz CT molecular complexity index is 1090. The third kappa shape index (κ3) is 4.76. The van der Waals surface area contributed by atoms with Crippen LogP contribution in [0, 0.1) is 5.82 Å². The van der Waals surface area contributed by atoms with Crippen molar-refractivity contribution in [3.8, 4) is 28.5 Å². The van der Waals surface area contributed by atoms with Gasteiger partial charge in [-0.25, -0.2) is 26.6 Å². The average molecular weight is 426 g/mol. The molecule has 0 aliphatic rings. The van der Waals surface area contributed by atoms with E-state index in [9.17, 15) is 21.6 Å². The zero-order valence-corrected chi connectivity index (χ0v) is 16.3. The molecule has 0 aliphatic carbocycles. The lowest BCUT2D eigenvalue weighted by Gasteiger charge is -2.11. The molecule has 0 amide bonds. The normalized spacial score (nSPS) is 12.2. The van der Waals surface area contributed by atoms with Crippen LogP contribution in [-0.2, 0) is 9.84 Å². The fourth-order valence-corrected chi connectivity index (χ4v) is 3.64. The van der Waals surface area contributed by atoms with Gasteiger partial charge in [0.15, 0.2) is 16.4 Å². The van der Waals surface area contributed by atoms with Crippen LogP contribution in [0.5, 0.6) is 5.75 Å². The number of rotatable bonds is 7. The molecule has 0 N–H and O–H groups in total. The number of aromatic nitrogens is 2. The molecular formula is C19H17F3N2O4S. The molecule has 0 saturated carbocycles. The van der Waals surface area contributed by atoms with Crippen molar-refractivity contribution in [3.63, 3.8) is 0 Å². The molecule has 3 aromatic rings. The highest BCUT2D eigenvalue weighted by molar-refractivity contribution is 7.91. The van der Waals surface area contributed by atoms with Gasteiger partial charge < -0.3 is 9.26 Å². The first-order valence-electron chi connectivity index (χ1n) is 8.56. The van der Waals surface area contributed by atoms with E-state index in [-0.39, 0.29) is 33.5 Å². The average Bonchev–Trinajstić information content (AvgIpc) is 3.13. The van der Waals surface area contributed by atoms with Crippen LogP contribution in [0.4, 0.5) is 13.2 Å². The highest BCUT2D eigenvalue weighted by Gasteiger charge is 2.29. The summed E-state index contributed by atoms with van der Waals surface area (Å²) in [6, 6.07) is 7.89. The molecule has 0 unspecified atom stereocenters. The summed E-state index contributed by atoms with van der Waals surface area (Å²) >= 11 is 0. The van der Waals surface area contributed by atoms with E-state index in [0.29, 0.717) is 5.56 Å². The minimum absolute atomic E-state index is 0.0367. The van der Waals surface area contributed by atoms with Gasteiger partial charge in [0.25, 0.3) is 5.92 Å². The molecule has 1 aromatic carbocycles. The quantitative estimate of drug-likeness (QED) is 0.558. The molecule has 10 heteroatoms. The molecule has 154 valence electrons. The molecule has 0 atom stereocenters. The standard InChI is InChI=1S/C19H17F3N2O4S/c1-3-29(25,26)18-16(12-4-6-13(20)7-5-12)24-28-17(18)15-9-8-14(10-23-15)27-11-19(2,21)22/h4-10H,3,11H2,1-2H3. The number of halogens is 3. The number of hydrogen-bond acceptors (Lipinski definition) is 6. The van der Waals surface area contributed by atoms with Gasteiger partial charge in [-0.3, -0.25) is 0 Å². The van der Waals surface area contributed by atoms with E-state index in [0.717, 1.165) is 6.92 Å². The maximum Gasteiger partial charge on any atom is 0.278 e. The van der Waals surface area contributed by atoms with Gasteiger partial charge in [-0.1, -0.05) is 12.1 Å². The summed E-state index contributed by atoms with van der Waals surface area (Å²) in [7, 11) is -3.78. The van der Waals surface area contributed by atoms with Gasteiger partial charge in [0.2, 0.25) is 5.76 Å². The molecule has 0 saturated heterocycles. The Morgan fingerprint density at radius 2 is 1.83 bits per heavy atom. The van der Waals surface area contributed by atoms with Crippen LogP contribution in [0.2, 0.25) is 0 Å². The molecule has 2 heterocycles. The summed E-state index contributed by atoms with van der Waals surface area (Å²) in [4.78, 5) is 3.88. The Morgan fingerprint density at radius 1 is 1.14 bits per heavy atom. The highest BCUT2D eigenvalue weighted by Crippen LogP contribution is 2.36. The molecule has 3 rings (SSSR count). The van der Waals surface area contributed by atoms with Crippen molar-refractivity contribution in [1.82, 2.24) is 10.1 Å². The molecule has 0 radical (unpaired) electrons. The Morgan fingerprint density at radius 3 is 2.38 bits per heavy atom. The predicted molar refractivity (Wildman–Crippen MR) is 99.0 cm³/mol. The van der Waals surface area contributed by atoms with Crippen molar-refractivity contribution in [3.05, 3.63) is 48.4 Å². The number of hydrogen-bond donors (Lipinski definition) is 0. The van der Waals surface area contributed by atoms with Gasteiger partial charge in [0, 0.05) is 12.5 Å². The zero-order valence-electron chi connectivity index (χ0n) is 15.5. The minimum Gasteiger partial charge on any atom is -0.486 e. The summed E-state index contributed by atoms with van der Waals surface area (Å²) in [6.07, 6.45) is 1.18. The highest BCUT2D eigenvalue weighted by atomic mass is 32.2. The molecule has 0 fully saturated rings. The van der Waals surface area contributed by atoms with Crippen molar-refractivity contribution in [2.24, 2.45) is 0 Å². The molecule has 0 bridgehead atoms. The SMILES string of the molecule is CCS(=O)(=O)c1c(-c2ccc(F)cc2)noc1-c1ccc(OCC(C)(F)F)cn1. The van der Waals surface area contributed by atoms with Gasteiger partial charge in [0.1, 0.15) is 27.9 Å². The van der Waals surface area contributed by atoms with Gasteiger partial charge in [0.05, 0.1) is 11.9 Å². The Kier molecular flexibility index (Phi) is 5.65. The number of pyridine rings is 1. The number of benzene rings is 1. The van der Waals surface area contributed by atoms with E-state index >= 15 is 0 Å². The lowest BCUT2D eigenvalue weighted by molar-refractivity contribution is -0.0230. The maximum absolute atomic E-state index is 13.2. The van der Waals surface area contributed by atoms with Gasteiger partial charge in [-0.15, -0.1) is 0 Å². The van der Waals surface area contributed by atoms with Gasteiger partial charge >= 0.3 is 0 Å². The largest absolute Gasteiger partial charge is 0.486 e. The van der Waals surface area contributed by atoms with Crippen LogP contribution in [0.3, 0.4) is 0 Å². The lowest BCUT2D eigenvalue weighted by atomic mass is 10.1. The summed E-state index contributed by atoms with van der Waals surface area (Å²) < 4.78 is 74.6. The smallest absolute Gasteiger partial charge is 0.278 e. The second-order valence-electron chi connectivity index (χ2n) is 6.34. The molecule has 2 aromatic heterocycles. The van der Waals surface area contributed by atoms with E-state index < -0.39 is 28.2 Å². The molecule has 6 nitrogen and oxygen atoms in total. The Labute approximate surface area is 165 Å². The van der Waals surface area contributed by atoms with E-state index in [1.807, 2.05) is 0 Å². The third-order valence-electron chi connectivity index (χ3n) is 3.92. The van der Waals surface area contributed by atoms with Gasteiger partial charge in [-0.2, -0.15) is 0 Å². The zero-order chi connectivity index (χ0) is 21.2. The molecule has 0 spiro atoms. The summed E-state index contributed by atoms with van der Waals surface area (Å²) in [6.45, 7) is 1.37. The van der Waals surface area contributed by atoms with Gasteiger partial charge in [-0.05, 0) is 36.4 Å². The second-order valence-corrected chi connectivity index (χ2v) is 8.55. The molecule has 0 aliphatic heterocycles. The van der Waals surface area contributed by atoms with Crippen LogP contribution < -0.4 is 4.74 Å². The van der Waals surface area contributed by atoms with Crippen LogP contribution in [0.15, 0.2) is 52.0 Å². The number of sulfone groups is 1. The van der Waals surface area contributed by atoms with Crippen molar-refractivity contribution < 1.29 is 30.8 Å². The second kappa shape index (κ2) is 7.86. The topological polar surface area (TPSA) is 82.3 Å². The van der Waals surface area contributed by atoms with Crippen molar-refractivity contribution >= 4 is 9.84 Å². The Balaban J connectivity index is 2.02. The van der Waals surface area contributed by atoms with Crippen LogP contribution in [-0.4, -0.2) is 36.8 Å². The molecular weight excluding hydrogens is 409 g/mol.